The lowest BCUT2D eigenvalue weighted by Gasteiger charge is -2.25. The van der Waals surface area contributed by atoms with Gasteiger partial charge in [-0.25, -0.2) is 0 Å². The standard InChI is InChI=1S/C19H23N3O3/c23-12-19(7-8-19)11-21-18(25)16-5-6-17(24)22(16)10-13-9-20-15-4-2-1-3-14(13)15/h1-4,9,16,20,23H,5-8,10-12H2,(H,21,25). The zero-order valence-corrected chi connectivity index (χ0v) is 14.1. The smallest absolute Gasteiger partial charge is 0.242 e. The van der Waals surface area contributed by atoms with Gasteiger partial charge in [-0.1, -0.05) is 18.2 Å². The van der Waals surface area contributed by atoms with Gasteiger partial charge in [0.25, 0.3) is 0 Å². The molecular formula is C19H23N3O3. The van der Waals surface area contributed by atoms with E-state index in [0.29, 0.717) is 25.9 Å². The first-order valence-electron chi connectivity index (χ1n) is 8.85. The number of amides is 2. The number of benzene rings is 1. The summed E-state index contributed by atoms with van der Waals surface area (Å²) < 4.78 is 0. The molecule has 6 nitrogen and oxygen atoms in total. The van der Waals surface area contributed by atoms with E-state index >= 15 is 0 Å². The van der Waals surface area contributed by atoms with E-state index in [-0.39, 0.29) is 23.8 Å². The molecule has 1 saturated heterocycles. The van der Waals surface area contributed by atoms with Crippen LogP contribution in [0.25, 0.3) is 10.9 Å². The van der Waals surface area contributed by atoms with Crippen LogP contribution in [0.1, 0.15) is 31.2 Å². The number of nitrogens with one attached hydrogen (secondary N) is 2. The van der Waals surface area contributed by atoms with Crippen LogP contribution in [0, 0.1) is 5.41 Å². The second-order valence-corrected chi connectivity index (χ2v) is 7.31. The zero-order chi connectivity index (χ0) is 17.4. The first-order chi connectivity index (χ1) is 12.1. The fraction of sp³-hybridized carbons (Fsp3) is 0.474. The van der Waals surface area contributed by atoms with Crippen LogP contribution in [-0.2, 0) is 16.1 Å². The molecule has 132 valence electrons. The summed E-state index contributed by atoms with van der Waals surface area (Å²) in [7, 11) is 0. The van der Waals surface area contributed by atoms with Crippen molar-refractivity contribution in [2.24, 2.45) is 5.41 Å². The van der Waals surface area contributed by atoms with Crippen molar-refractivity contribution in [3.63, 3.8) is 0 Å². The van der Waals surface area contributed by atoms with Gasteiger partial charge in [0.2, 0.25) is 11.8 Å². The minimum Gasteiger partial charge on any atom is -0.396 e. The first kappa shape index (κ1) is 16.1. The monoisotopic (exact) mass is 341 g/mol. The maximum atomic E-state index is 12.6. The minimum absolute atomic E-state index is 0.0220. The Morgan fingerprint density at radius 1 is 1.36 bits per heavy atom. The fourth-order valence-corrected chi connectivity index (χ4v) is 3.61. The number of hydrogen-bond donors (Lipinski definition) is 3. The van der Waals surface area contributed by atoms with Crippen molar-refractivity contribution in [2.45, 2.75) is 38.3 Å². The Hall–Kier alpha value is -2.34. The van der Waals surface area contributed by atoms with Crippen molar-refractivity contribution >= 4 is 22.7 Å². The molecule has 1 atom stereocenters. The molecule has 6 heteroatoms. The van der Waals surface area contributed by atoms with Gasteiger partial charge >= 0.3 is 0 Å². The molecule has 1 saturated carbocycles. The van der Waals surface area contributed by atoms with Crippen LogP contribution in [0.3, 0.4) is 0 Å². The lowest BCUT2D eigenvalue weighted by atomic mass is 10.1. The maximum Gasteiger partial charge on any atom is 0.242 e. The molecule has 25 heavy (non-hydrogen) atoms. The van der Waals surface area contributed by atoms with Crippen molar-refractivity contribution in [3.8, 4) is 0 Å². The van der Waals surface area contributed by atoms with E-state index in [9.17, 15) is 14.7 Å². The number of aliphatic hydroxyl groups excluding tert-OH is 1. The number of rotatable bonds is 6. The summed E-state index contributed by atoms with van der Waals surface area (Å²) in [5.41, 5.74) is 1.93. The number of hydrogen-bond acceptors (Lipinski definition) is 3. The maximum absolute atomic E-state index is 12.6. The van der Waals surface area contributed by atoms with Crippen LogP contribution in [0.15, 0.2) is 30.5 Å². The van der Waals surface area contributed by atoms with E-state index in [1.165, 1.54) is 0 Å². The highest BCUT2D eigenvalue weighted by atomic mass is 16.3. The molecule has 0 radical (unpaired) electrons. The van der Waals surface area contributed by atoms with Gasteiger partial charge < -0.3 is 20.3 Å². The molecule has 1 aromatic heterocycles. The number of carbonyl (C=O) groups is 2. The molecule has 3 N–H and O–H groups in total. The van der Waals surface area contributed by atoms with E-state index in [0.717, 1.165) is 29.3 Å². The summed E-state index contributed by atoms with van der Waals surface area (Å²) in [5, 5.41) is 13.4. The summed E-state index contributed by atoms with van der Waals surface area (Å²) in [6.07, 6.45) is 4.78. The molecule has 1 unspecified atom stereocenters. The number of likely N-dealkylation sites (tertiary alicyclic amines) is 1. The van der Waals surface area contributed by atoms with Crippen molar-refractivity contribution < 1.29 is 14.7 Å². The number of para-hydroxylation sites is 1. The Bertz CT molecular complexity index is 809. The van der Waals surface area contributed by atoms with Gasteiger partial charge in [0.15, 0.2) is 0 Å². The van der Waals surface area contributed by atoms with Crippen molar-refractivity contribution in [3.05, 3.63) is 36.0 Å². The second-order valence-electron chi connectivity index (χ2n) is 7.31. The third-order valence-corrected chi connectivity index (χ3v) is 5.58. The average Bonchev–Trinajstić information content (AvgIpc) is 3.18. The zero-order valence-electron chi connectivity index (χ0n) is 14.1. The highest BCUT2D eigenvalue weighted by Crippen LogP contribution is 2.44. The molecule has 0 spiro atoms. The lowest BCUT2D eigenvalue weighted by Crippen LogP contribution is -2.46. The van der Waals surface area contributed by atoms with Crippen LogP contribution < -0.4 is 5.32 Å². The van der Waals surface area contributed by atoms with Gasteiger partial charge in [-0.2, -0.15) is 0 Å². The molecule has 2 heterocycles. The first-order valence-corrected chi connectivity index (χ1v) is 8.85. The van der Waals surface area contributed by atoms with E-state index in [4.69, 9.17) is 0 Å². The minimum atomic E-state index is -0.421. The Kier molecular flexibility index (Phi) is 4.00. The molecule has 1 aliphatic heterocycles. The molecule has 1 aliphatic carbocycles. The highest BCUT2D eigenvalue weighted by Gasteiger charge is 2.43. The predicted molar refractivity (Wildman–Crippen MR) is 93.6 cm³/mol. The van der Waals surface area contributed by atoms with Crippen LogP contribution in [0.4, 0.5) is 0 Å². The topological polar surface area (TPSA) is 85.4 Å². The Labute approximate surface area is 146 Å². The summed E-state index contributed by atoms with van der Waals surface area (Å²) in [5.74, 6) is -0.0841. The fourth-order valence-electron chi connectivity index (χ4n) is 3.61. The number of fused-ring (bicyclic) bond motifs is 1. The Balaban J connectivity index is 1.47. The second kappa shape index (κ2) is 6.19. The van der Waals surface area contributed by atoms with Crippen LogP contribution in [0.2, 0.25) is 0 Å². The quantitative estimate of drug-likeness (QED) is 0.745. The number of aliphatic hydroxyl groups is 1. The number of aromatic amines is 1. The molecule has 2 amide bonds. The average molecular weight is 341 g/mol. The van der Waals surface area contributed by atoms with Crippen LogP contribution in [-0.4, -0.2) is 46.0 Å². The van der Waals surface area contributed by atoms with E-state index in [1.54, 1.807) is 4.90 Å². The van der Waals surface area contributed by atoms with Gasteiger partial charge in [0, 0.05) is 42.0 Å². The van der Waals surface area contributed by atoms with Crippen LogP contribution in [0.5, 0.6) is 0 Å². The lowest BCUT2D eigenvalue weighted by molar-refractivity contribution is -0.135. The largest absolute Gasteiger partial charge is 0.396 e. The molecule has 2 fully saturated rings. The third kappa shape index (κ3) is 3.02. The summed E-state index contributed by atoms with van der Waals surface area (Å²) in [6, 6.07) is 7.54. The summed E-state index contributed by atoms with van der Waals surface area (Å²) >= 11 is 0. The SMILES string of the molecule is O=C(NCC1(CO)CC1)C1CCC(=O)N1Cc1c[nH]c2ccccc12. The van der Waals surface area contributed by atoms with Crippen molar-refractivity contribution in [2.75, 3.05) is 13.2 Å². The normalized spacial score (nSPS) is 21.7. The van der Waals surface area contributed by atoms with E-state index in [1.807, 2.05) is 30.5 Å². The van der Waals surface area contributed by atoms with Gasteiger partial charge in [0.05, 0.1) is 6.61 Å². The molecule has 4 rings (SSSR count). The molecule has 1 aromatic carbocycles. The molecular weight excluding hydrogens is 318 g/mol. The molecule has 2 aliphatic rings. The summed E-state index contributed by atoms with van der Waals surface area (Å²) in [4.78, 5) is 29.8. The van der Waals surface area contributed by atoms with Gasteiger partial charge in [-0.3, -0.25) is 9.59 Å². The van der Waals surface area contributed by atoms with Gasteiger partial charge in [-0.05, 0) is 30.9 Å². The van der Waals surface area contributed by atoms with Crippen molar-refractivity contribution in [1.82, 2.24) is 15.2 Å². The van der Waals surface area contributed by atoms with Gasteiger partial charge in [0.1, 0.15) is 6.04 Å². The molecule has 0 bridgehead atoms. The summed E-state index contributed by atoms with van der Waals surface area (Å²) in [6.45, 7) is 1.04. The Morgan fingerprint density at radius 3 is 2.92 bits per heavy atom. The predicted octanol–water partition coefficient (Wildman–Crippen LogP) is 1.55. The number of H-pyrrole nitrogens is 1. The highest BCUT2D eigenvalue weighted by molar-refractivity contribution is 5.91. The number of carbonyl (C=O) groups excluding carboxylic acids is 2. The third-order valence-electron chi connectivity index (χ3n) is 5.58. The van der Waals surface area contributed by atoms with Crippen molar-refractivity contribution in [1.29, 1.82) is 0 Å². The Morgan fingerprint density at radius 2 is 2.16 bits per heavy atom. The van der Waals surface area contributed by atoms with E-state index in [2.05, 4.69) is 10.3 Å². The van der Waals surface area contributed by atoms with E-state index < -0.39 is 6.04 Å². The number of aromatic nitrogens is 1. The number of nitrogens with zero attached hydrogens (tertiary/aromatic N) is 1. The van der Waals surface area contributed by atoms with Crippen LogP contribution >= 0.6 is 0 Å². The molecule has 2 aromatic rings. The van der Waals surface area contributed by atoms with Gasteiger partial charge in [-0.15, -0.1) is 0 Å².